The second-order valence-corrected chi connectivity index (χ2v) is 9.26. The molecule has 0 aliphatic heterocycles. The normalized spacial score (nSPS) is 14.7. The van der Waals surface area contributed by atoms with Gasteiger partial charge in [0.2, 0.25) is 0 Å². The van der Waals surface area contributed by atoms with Crippen LogP contribution in [0.5, 0.6) is 0 Å². The van der Waals surface area contributed by atoms with Gasteiger partial charge in [-0.25, -0.2) is 4.98 Å². The fraction of sp³-hybridized carbons (Fsp3) is 0.381. The number of thioether (sulfide) groups is 1. The van der Waals surface area contributed by atoms with E-state index in [1.165, 1.54) is 34.2 Å². The van der Waals surface area contributed by atoms with Crippen LogP contribution in [-0.4, -0.2) is 14.8 Å². The Kier molecular flexibility index (Phi) is 5.33. The minimum atomic E-state index is -0.244. The number of nitriles is 1. The molecule has 0 bridgehead atoms. The highest BCUT2D eigenvalue weighted by Crippen LogP contribution is 2.35. The molecule has 1 aliphatic carbocycles. The van der Waals surface area contributed by atoms with Gasteiger partial charge >= 0.3 is 0 Å². The maximum Gasteiger partial charge on any atom is 0.263 e. The van der Waals surface area contributed by atoms with Crippen molar-refractivity contribution >= 4 is 33.3 Å². The van der Waals surface area contributed by atoms with E-state index in [4.69, 9.17) is 4.98 Å². The van der Waals surface area contributed by atoms with Crippen molar-refractivity contribution in [3.63, 3.8) is 0 Å². The molecular formula is C21H21N3OS2. The Labute approximate surface area is 166 Å². The predicted octanol–water partition coefficient (Wildman–Crippen LogP) is 4.58. The molecule has 0 amide bonds. The smallest absolute Gasteiger partial charge is 0.263 e. The third-order valence-electron chi connectivity index (χ3n) is 4.97. The van der Waals surface area contributed by atoms with Gasteiger partial charge in [0.05, 0.1) is 16.7 Å². The van der Waals surface area contributed by atoms with Crippen LogP contribution < -0.4 is 5.56 Å². The quantitative estimate of drug-likeness (QED) is 0.468. The standard InChI is InChI=1S/C21H21N3OS2/c1-14(13-22)26-21-23-19-18(16-9-5-6-10-17(16)27-19)20(25)24(21)12-11-15-7-3-2-4-8-15/h2-4,7-8,14H,5-6,9-12H2,1H3. The topological polar surface area (TPSA) is 58.7 Å². The lowest BCUT2D eigenvalue weighted by Crippen LogP contribution is -2.25. The Morgan fingerprint density at radius 2 is 2.07 bits per heavy atom. The van der Waals surface area contributed by atoms with Gasteiger partial charge in [0.1, 0.15) is 4.83 Å². The molecule has 1 aromatic carbocycles. The zero-order valence-electron chi connectivity index (χ0n) is 15.3. The van der Waals surface area contributed by atoms with Crippen LogP contribution in [0.2, 0.25) is 0 Å². The fourth-order valence-corrected chi connectivity index (χ4v) is 5.70. The molecule has 0 N–H and O–H groups in total. The van der Waals surface area contributed by atoms with E-state index in [1.54, 1.807) is 15.9 Å². The summed E-state index contributed by atoms with van der Waals surface area (Å²) in [6.07, 6.45) is 5.14. The van der Waals surface area contributed by atoms with Gasteiger partial charge < -0.3 is 0 Å². The average Bonchev–Trinajstić information content (AvgIpc) is 3.06. The summed E-state index contributed by atoms with van der Waals surface area (Å²) in [5.41, 5.74) is 2.47. The maximum atomic E-state index is 13.4. The number of fused-ring (bicyclic) bond motifs is 3. The zero-order valence-corrected chi connectivity index (χ0v) is 16.9. The van der Waals surface area contributed by atoms with Crippen molar-refractivity contribution in [3.8, 4) is 6.07 Å². The summed E-state index contributed by atoms with van der Waals surface area (Å²) in [5.74, 6) is 0. The second-order valence-electron chi connectivity index (χ2n) is 6.87. The first-order valence-electron chi connectivity index (χ1n) is 9.32. The van der Waals surface area contributed by atoms with Gasteiger partial charge in [0.25, 0.3) is 5.56 Å². The molecule has 4 rings (SSSR count). The number of rotatable bonds is 5. The lowest BCUT2D eigenvalue weighted by molar-refractivity contribution is 0.595. The summed E-state index contributed by atoms with van der Waals surface area (Å²) >= 11 is 3.04. The van der Waals surface area contributed by atoms with E-state index < -0.39 is 0 Å². The Balaban J connectivity index is 1.80. The molecule has 0 fully saturated rings. The van der Waals surface area contributed by atoms with Gasteiger partial charge in [-0.15, -0.1) is 11.3 Å². The number of aromatic nitrogens is 2. The van der Waals surface area contributed by atoms with E-state index in [0.29, 0.717) is 11.7 Å². The highest BCUT2D eigenvalue weighted by atomic mass is 32.2. The molecule has 6 heteroatoms. The summed E-state index contributed by atoms with van der Waals surface area (Å²) in [6.45, 7) is 2.43. The van der Waals surface area contributed by atoms with Gasteiger partial charge in [-0.3, -0.25) is 9.36 Å². The van der Waals surface area contributed by atoms with Gasteiger partial charge in [0, 0.05) is 11.4 Å². The van der Waals surface area contributed by atoms with Crippen molar-refractivity contribution < 1.29 is 0 Å². The highest BCUT2D eigenvalue weighted by Gasteiger charge is 2.22. The Morgan fingerprint density at radius 3 is 2.85 bits per heavy atom. The molecule has 1 unspecified atom stereocenters. The van der Waals surface area contributed by atoms with Crippen LogP contribution >= 0.6 is 23.1 Å². The molecule has 138 valence electrons. The van der Waals surface area contributed by atoms with Crippen LogP contribution in [-0.2, 0) is 25.8 Å². The fourth-order valence-electron chi connectivity index (χ4n) is 3.58. The van der Waals surface area contributed by atoms with Gasteiger partial charge in [-0.05, 0) is 50.2 Å². The molecule has 3 aromatic rings. The van der Waals surface area contributed by atoms with E-state index in [0.717, 1.165) is 35.9 Å². The number of hydrogen-bond acceptors (Lipinski definition) is 5. The number of hydrogen-bond donors (Lipinski definition) is 0. The van der Waals surface area contributed by atoms with E-state index in [-0.39, 0.29) is 10.8 Å². The Hall–Kier alpha value is -2.10. The van der Waals surface area contributed by atoms with Crippen LogP contribution in [0.1, 0.15) is 35.8 Å². The molecule has 27 heavy (non-hydrogen) atoms. The van der Waals surface area contributed by atoms with Crippen LogP contribution in [0.4, 0.5) is 0 Å². The van der Waals surface area contributed by atoms with Crippen molar-refractivity contribution in [2.75, 3.05) is 0 Å². The Bertz CT molecular complexity index is 1060. The lowest BCUT2D eigenvalue weighted by atomic mass is 9.97. The van der Waals surface area contributed by atoms with Crippen molar-refractivity contribution in [2.24, 2.45) is 0 Å². The van der Waals surface area contributed by atoms with Crippen molar-refractivity contribution in [2.45, 2.75) is 56.0 Å². The molecule has 0 radical (unpaired) electrons. The minimum Gasteiger partial charge on any atom is -0.287 e. The molecule has 2 aromatic heterocycles. The summed E-state index contributed by atoms with van der Waals surface area (Å²) in [5, 5.41) is 10.5. The van der Waals surface area contributed by atoms with E-state index in [2.05, 4.69) is 18.2 Å². The Morgan fingerprint density at radius 1 is 1.30 bits per heavy atom. The average molecular weight is 396 g/mol. The third kappa shape index (κ3) is 3.67. The minimum absolute atomic E-state index is 0.0583. The molecule has 2 heterocycles. The number of thiophene rings is 1. The van der Waals surface area contributed by atoms with Crippen molar-refractivity contribution in [1.82, 2.24) is 9.55 Å². The van der Waals surface area contributed by atoms with E-state index >= 15 is 0 Å². The molecule has 0 saturated carbocycles. The first-order chi connectivity index (χ1) is 13.2. The molecular weight excluding hydrogens is 374 g/mol. The van der Waals surface area contributed by atoms with E-state index in [9.17, 15) is 10.1 Å². The van der Waals surface area contributed by atoms with Crippen molar-refractivity contribution in [1.29, 1.82) is 5.26 Å². The van der Waals surface area contributed by atoms with Crippen LogP contribution in [0.3, 0.4) is 0 Å². The lowest BCUT2D eigenvalue weighted by Gasteiger charge is -2.14. The van der Waals surface area contributed by atoms with Gasteiger partial charge in [-0.1, -0.05) is 42.1 Å². The summed E-state index contributed by atoms with van der Waals surface area (Å²) in [7, 11) is 0. The largest absolute Gasteiger partial charge is 0.287 e. The van der Waals surface area contributed by atoms with E-state index in [1.807, 2.05) is 25.1 Å². The highest BCUT2D eigenvalue weighted by molar-refractivity contribution is 8.00. The first-order valence-corrected chi connectivity index (χ1v) is 11.0. The number of benzene rings is 1. The number of aryl methyl sites for hydroxylation is 3. The molecule has 0 saturated heterocycles. The monoisotopic (exact) mass is 395 g/mol. The second kappa shape index (κ2) is 7.87. The SMILES string of the molecule is CC(C#N)Sc1nc2sc3c(c2c(=O)n1CCc1ccccc1)CCCC3. The molecule has 4 nitrogen and oxygen atoms in total. The predicted molar refractivity (Wildman–Crippen MR) is 112 cm³/mol. The number of nitrogens with zero attached hydrogens (tertiary/aromatic N) is 3. The van der Waals surface area contributed by atoms with Crippen molar-refractivity contribution in [3.05, 3.63) is 56.7 Å². The third-order valence-corrected chi connectivity index (χ3v) is 7.14. The first kappa shape index (κ1) is 18.3. The summed E-state index contributed by atoms with van der Waals surface area (Å²) < 4.78 is 1.79. The molecule has 1 atom stereocenters. The zero-order chi connectivity index (χ0) is 18.8. The van der Waals surface area contributed by atoms with Gasteiger partial charge in [-0.2, -0.15) is 5.26 Å². The van der Waals surface area contributed by atoms with Crippen LogP contribution in [0.25, 0.3) is 10.2 Å². The van der Waals surface area contributed by atoms with Crippen LogP contribution in [0, 0.1) is 11.3 Å². The summed E-state index contributed by atoms with van der Waals surface area (Å²) in [6, 6.07) is 12.4. The van der Waals surface area contributed by atoms with Crippen LogP contribution in [0.15, 0.2) is 40.3 Å². The molecule has 0 spiro atoms. The maximum absolute atomic E-state index is 13.4. The van der Waals surface area contributed by atoms with Gasteiger partial charge in [0.15, 0.2) is 5.16 Å². The summed E-state index contributed by atoms with van der Waals surface area (Å²) in [4.78, 5) is 20.4. The molecule has 1 aliphatic rings.